The molecule has 2 heterocycles. The van der Waals surface area contributed by atoms with Crippen molar-refractivity contribution in [1.82, 2.24) is 9.55 Å². The van der Waals surface area contributed by atoms with Crippen LogP contribution in [0.1, 0.15) is 23.7 Å². The zero-order valence-electron chi connectivity index (χ0n) is 15.2. The zero-order chi connectivity index (χ0) is 19.4. The van der Waals surface area contributed by atoms with Gasteiger partial charge in [-0.3, -0.25) is 9.36 Å². The third kappa shape index (κ3) is 4.67. The first-order valence-electron chi connectivity index (χ1n) is 8.62. The standard InChI is InChI=1S/C18H22N2O6S/c1-11(21)8-20-16(22)14-4-3-12(17(23)24-2)7-15(14)19-18(20)27-9-13-5-6-25-10-26-13/h3-4,7,11,13,21H,5-6,8-10H2,1-2H3/t11-,13+/m0/s1. The molecule has 8 nitrogen and oxygen atoms in total. The summed E-state index contributed by atoms with van der Waals surface area (Å²) in [4.78, 5) is 29.3. The van der Waals surface area contributed by atoms with Gasteiger partial charge in [-0.05, 0) is 31.5 Å². The van der Waals surface area contributed by atoms with Gasteiger partial charge in [0.15, 0.2) is 5.16 Å². The molecule has 27 heavy (non-hydrogen) atoms. The molecule has 1 aliphatic rings. The number of carbonyl (C=O) groups excluding carboxylic acids is 1. The number of benzene rings is 1. The lowest BCUT2D eigenvalue weighted by Crippen LogP contribution is -2.29. The molecule has 0 spiro atoms. The van der Waals surface area contributed by atoms with E-state index < -0.39 is 12.1 Å². The number of thioether (sulfide) groups is 1. The molecule has 1 aliphatic heterocycles. The molecule has 0 aliphatic carbocycles. The molecule has 0 amide bonds. The number of hydrogen-bond acceptors (Lipinski definition) is 8. The van der Waals surface area contributed by atoms with Crippen LogP contribution >= 0.6 is 11.8 Å². The van der Waals surface area contributed by atoms with Crippen LogP contribution in [-0.4, -0.2) is 59.1 Å². The number of ether oxygens (including phenoxy) is 3. The van der Waals surface area contributed by atoms with E-state index in [2.05, 4.69) is 4.98 Å². The van der Waals surface area contributed by atoms with Gasteiger partial charge in [-0.2, -0.15) is 0 Å². The van der Waals surface area contributed by atoms with Gasteiger partial charge in [0.05, 0.1) is 48.9 Å². The Kier molecular flexibility index (Phi) is 6.48. The average molecular weight is 394 g/mol. The third-order valence-corrected chi connectivity index (χ3v) is 5.27. The first kappa shape index (κ1) is 19.8. The summed E-state index contributed by atoms with van der Waals surface area (Å²) in [7, 11) is 1.30. The minimum absolute atomic E-state index is 0.0118. The maximum atomic E-state index is 12.9. The van der Waals surface area contributed by atoms with E-state index in [0.29, 0.717) is 34.0 Å². The Labute approximate surface area is 160 Å². The fourth-order valence-electron chi connectivity index (χ4n) is 2.78. The molecule has 1 aromatic heterocycles. The van der Waals surface area contributed by atoms with Crippen molar-refractivity contribution in [2.24, 2.45) is 0 Å². The molecule has 2 aromatic rings. The Balaban J connectivity index is 1.98. The fraction of sp³-hybridized carbons (Fsp3) is 0.500. The Morgan fingerprint density at radius 3 is 3.00 bits per heavy atom. The first-order valence-corrected chi connectivity index (χ1v) is 9.61. The SMILES string of the molecule is COC(=O)c1ccc2c(=O)n(C[C@H](C)O)c(SC[C@H]3CCOCO3)nc2c1. The summed E-state index contributed by atoms with van der Waals surface area (Å²) < 4.78 is 16.9. The number of fused-ring (bicyclic) bond motifs is 1. The van der Waals surface area contributed by atoms with E-state index in [1.807, 2.05) is 0 Å². The van der Waals surface area contributed by atoms with Crippen molar-refractivity contribution in [3.8, 4) is 0 Å². The summed E-state index contributed by atoms with van der Waals surface area (Å²) in [5.41, 5.74) is 0.488. The van der Waals surface area contributed by atoms with Crippen LogP contribution in [0.25, 0.3) is 10.9 Å². The van der Waals surface area contributed by atoms with Crippen molar-refractivity contribution in [2.45, 2.75) is 37.3 Å². The average Bonchev–Trinajstić information content (AvgIpc) is 2.68. The van der Waals surface area contributed by atoms with Gasteiger partial charge in [-0.25, -0.2) is 9.78 Å². The lowest BCUT2D eigenvalue weighted by molar-refractivity contribution is -0.130. The number of aromatic nitrogens is 2. The molecule has 1 fully saturated rings. The second-order valence-corrected chi connectivity index (χ2v) is 7.28. The molecule has 0 saturated carbocycles. The Morgan fingerprint density at radius 1 is 1.52 bits per heavy atom. The highest BCUT2D eigenvalue weighted by Gasteiger charge is 2.19. The van der Waals surface area contributed by atoms with E-state index in [0.717, 1.165) is 6.42 Å². The molecule has 2 atom stereocenters. The summed E-state index contributed by atoms with van der Waals surface area (Å²) >= 11 is 1.39. The first-order chi connectivity index (χ1) is 13.0. The van der Waals surface area contributed by atoms with E-state index in [1.54, 1.807) is 19.1 Å². The molecular formula is C18H22N2O6S. The quantitative estimate of drug-likeness (QED) is 0.446. The largest absolute Gasteiger partial charge is 0.465 e. The predicted octanol–water partition coefficient (Wildman–Crippen LogP) is 1.42. The van der Waals surface area contributed by atoms with Crippen LogP contribution in [-0.2, 0) is 20.8 Å². The van der Waals surface area contributed by atoms with E-state index in [9.17, 15) is 14.7 Å². The van der Waals surface area contributed by atoms with Crippen LogP contribution < -0.4 is 5.56 Å². The lowest BCUT2D eigenvalue weighted by Gasteiger charge is -2.23. The van der Waals surface area contributed by atoms with Crippen LogP contribution in [0.4, 0.5) is 0 Å². The van der Waals surface area contributed by atoms with Crippen molar-refractivity contribution < 1.29 is 24.1 Å². The number of rotatable bonds is 6. The molecule has 3 rings (SSSR count). The van der Waals surface area contributed by atoms with Crippen molar-refractivity contribution >= 4 is 28.6 Å². The Hall–Kier alpha value is -1.94. The molecule has 146 valence electrons. The topological polar surface area (TPSA) is 99.9 Å². The van der Waals surface area contributed by atoms with E-state index in [1.165, 1.54) is 29.5 Å². The number of esters is 1. The summed E-state index contributed by atoms with van der Waals surface area (Å²) in [6.45, 7) is 2.66. The van der Waals surface area contributed by atoms with Gasteiger partial charge >= 0.3 is 5.97 Å². The monoisotopic (exact) mass is 394 g/mol. The van der Waals surface area contributed by atoms with E-state index >= 15 is 0 Å². The smallest absolute Gasteiger partial charge is 0.337 e. The molecule has 0 radical (unpaired) electrons. The van der Waals surface area contributed by atoms with Gasteiger partial charge in [0.1, 0.15) is 6.79 Å². The molecule has 1 N–H and O–H groups in total. The summed E-state index contributed by atoms with van der Waals surface area (Å²) in [5, 5.41) is 10.7. The molecule has 0 unspecified atom stereocenters. The van der Waals surface area contributed by atoms with Crippen molar-refractivity contribution in [1.29, 1.82) is 0 Å². The van der Waals surface area contributed by atoms with Crippen molar-refractivity contribution in [2.75, 3.05) is 26.3 Å². The Bertz CT molecular complexity index is 876. The lowest BCUT2D eigenvalue weighted by atomic mass is 10.1. The van der Waals surface area contributed by atoms with Gasteiger partial charge in [0.2, 0.25) is 0 Å². The maximum Gasteiger partial charge on any atom is 0.337 e. The molecule has 1 aromatic carbocycles. The van der Waals surface area contributed by atoms with E-state index in [-0.39, 0.29) is 25.0 Å². The number of methoxy groups -OCH3 is 1. The van der Waals surface area contributed by atoms with Gasteiger partial charge in [0, 0.05) is 5.75 Å². The van der Waals surface area contributed by atoms with Crippen LogP contribution in [0.5, 0.6) is 0 Å². The summed E-state index contributed by atoms with van der Waals surface area (Å²) in [5.74, 6) is 0.120. The maximum absolute atomic E-state index is 12.9. The molecule has 0 bridgehead atoms. The summed E-state index contributed by atoms with van der Waals surface area (Å²) in [6.07, 6.45) is 0.0842. The molecular weight excluding hydrogens is 372 g/mol. The molecule has 1 saturated heterocycles. The minimum Gasteiger partial charge on any atom is -0.465 e. The second-order valence-electron chi connectivity index (χ2n) is 6.30. The predicted molar refractivity (Wildman–Crippen MR) is 100 cm³/mol. The number of hydrogen-bond donors (Lipinski definition) is 1. The number of nitrogens with zero attached hydrogens (tertiary/aromatic N) is 2. The summed E-state index contributed by atoms with van der Waals surface area (Å²) in [6, 6.07) is 4.64. The van der Waals surface area contributed by atoms with Gasteiger partial charge in [0.25, 0.3) is 5.56 Å². The van der Waals surface area contributed by atoms with Gasteiger partial charge in [-0.1, -0.05) is 11.8 Å². The highest BCUT2D eigenvalue weighted by Crippen LogP contribution is 2.22. The second kappa shape index (κ2) is 8.83. The van der Waals surface area contributed by atoms with Gasteiger partial charge < -0.3 is 19.3 Å². The van der Waals surface area contributed by atoms with Gasteiger partial charge in [-0.15, -0.1) is 0 Å². The van der Waals surface area contributed by atoms with Crippen LogP contribution in [0, 0.1) is 0 Å². The third-order valence-electron chi connectivity index (χ3n) is 4.16. The van der Waals surface area contributed by atoms with Crippen molar-refractivity contribution in [3.05, 3.63) is 34.1 Å². The highest BCUT2D eigenvalue weighted by molar-refractivity contribution is 7.99. The van der Waals surface area contributed by atoms with Crippen molar-refractivity contribution in [3.63, 3.8) is 0 Å². The zero-order valence-corrected chi connectivity index (χ0v) is 16.0. The molecule has 9 heteroatoms. The van der Waals surface area contributed by atoms with Crippen LogP contribution in [0.3, 0.4) is 0 Å². The normalized spacial score (nSPS) is 18.4. The number of aliphatic hydroxyl groups excluding tert-OH is 1. The fourth-order valence-corrected chi connectivity index (χ4v) is 3.86. The Morgan fingerprint density at radius 2 is 2.33 bits per heavy atom. The number of aliphatic hydroxyl groups is 1. The number of carbonyl (C=O) groups is 1. The van der Waals surface area contributed by atoms with E-state index in [4.69, 9.17) is 14.2 Å². The van der Waals surface area contributed by atoms with Crippen LogP contribution in [0.15, 0.2) is 28.2 Å². The highest BCUT2D eigenvalue weighted by atomic mass is 32.2. The van der Waals surface area contributed by atoms with Crippen LogP contribution in [0.2, 0.25) is 0 Å². The minimum atomic E-state index is -0.699.